The molecule has 0 saturated carbocycles. The highest BCUT2D eigenvalue weighted by molar-refractivity contribution is 5.78. The van der Waals surface area contributed by atoms with E-state index in [0.717, 1.165) is 30.4 Å². The van der Waals surface area contributed by atoms with Crippen LogP contribution in [0.2, 0.25) is 0 Å². The Morgan fingerprint density at radius 1 is 1.21 bits per heavy atom. The maximum atomic E-state index is 12.4. The van der Waals surface area contributed by atoms with Crippen LogP contribution in [0.5, 0.6) is 11.5 Å². The van der Waals surface area contributed by atoms with E-state index in [4.69, 9.17) is 9.15 Å². The topological polar surface area (TPSA) is 93.9 Å². The molecule has 3 rings (SSSR count). The zero-order valence-electron chi connectivity index (χ0n) is 21.0. The maximum Gasteiger partial charge on any atom is 0.573 e. The fourth-order valence-electron chi connectivity index (χ4n) is 3.66. The Balaban J connectivity index is 1.69. The summed E-state index contributed by atoms with van der Waals surface area (Å²) in [5.41, 5.74) is 2.32. The number of alkyl halides is 3. The van der Waals surface area contributed by atoms with Crippen molar-refractivity contribution >= 4 is 12.6 Å². The molecule has 8 nitrogen and oxygen atoms in total. The Labute approximate surface area is 218 Å². The number of benzene rings is 2. The number of nitrogens with one attached hydrogen (secondary N) is 1. The summed E-state index contributed by atoms with van der Waals surface area (Å²) in [7, 11) is 3.56. The first-order valence-electron chi connectivity index (χ1n) is 11.6. The van der Waals surface area contributed by atoms with Gasteiger partial charge < -0.3 is 24.0 Å². The first kappa shape index (κ1) is 28.5. The quantitative estimate of drug-likeness (QED) is 0.286. The molecule has 0 bridgehead atoms. The van der Waals surface area contributed by atoms with Crippen molar-refractivity contribution in [2.45, 2.75) is 38.4 Å². The van der Waals surface area contributed by atoms with E-state index in [1.165, 1.54) is 18.3 Å². The number of aldehydes is 2. The van der Waals surface area contributed by atoms with E-state index in [1.807, 2.05) is 4.90 Å². The van der Waals surface area contributed by atoms with Crippen molar-refractivity contribution in [1.29, 1.82) is 0 Å². The van der Waals surface area contributed by atoms with Crippen LogP contribution in [0.4, 0.5) is 13.2 Å². The minimum absolute atomic E-state index is 0.0135. The summed E-state index contributed by atoms with van der Waals surface area (Å²) in [6.07, 6.45) is -0.558. The molecule has 1 unspecified atom stereocenters. The van der Waals surface area contributed by atoms with Crippen LogP contribution in [0.3, 0.4) is 0 Å². The average Bonchev–Trinajstić information content (AvgIpc) is 3.36. The summed E-state index contributed by atoms with van der Waals surface area (Å²) >= 11 is 0. The lowest BCUT2D eigenvalue weighted by Gasteiger charge is -2.25. The van der Waals surface area contributed by atoms with Crippen molar-refractivity contribution < 1.29 is 36.7 Å². The van der Waals surface area contributed by atoms with Gasteiger partial charge in [-0.05, 0) is 50.2 Å². The first-order chi connectivity index (χ1) is 18.1. The van der Waals surface area contributed by atoms with Gasteiger partial charge in [-0.15, -0.1) is 13.2 Å². The molecule has 0 aliphatic rings. The maximum absolute atomic E-state index is 12.4. The molecule has 0 spiro atoms. The molecule has 0 saturated heterocycles. The predicted molar refractivity (Wildman–Crippen MR) is 134 cm³/mol. The Morgan fingerprint density at radius 3 is 2.58 bits per heavy atom. The smallest absolute Gasteiger partial charge is 0.485 e. The zero-order chi connectivity index (χ0) is 27.7. The number of carbonyl (C=O) groups excluding carboxylic acids is 2. The Bertz CT molecular complexity index is 1240. The Kier molecular flexibility index (Phi) is 9.66. The monoisotopic (exact) mass is 531 g/mol. The second-order valence-electron chi connectivity index (χ2n) is 8.45. The van der Waals surface area contributed by atoms with E-state index in [1.54, 1.807) is 32.3 Å². The number of carbonyl (C=O) groups is 2. The van der Waals surface area contributed by atoms with Gasteiger partial charge in [0.1, 0.15) is 24.4 Å². The van der Waals surface area contributed by atoms with Crippen molar-refractivity contribution in [2.24, 2.45) is 0 Å². The second-order valence-corrected chi connectivity index (χ2v) is 8.45. The summed E-state index contributed by atoms with van der Waals surface area (Å²) in [5.74, 6) is 0.647. The van der Waals surface area contributed by atoms with E-state index >= 15 is 0 Å². The minimum atomic E-state index is -4.78. The first-order valence-corrected chi connectivity index (χ1v) is 11.6. The standard InChI is InChI=1S/C27H28F3N3O5/c1-18(31-2)7-10-21(16-35)33(3)14-24-20(15-34)5-4-6-25(24)36-17-23-13-32-26(37-23)19-8-11-22(12-9-19)38-27(28,29)30/h4-6,8-9,11-13,15-16,21,31H,1,7,10,14,17H2,2-3H3. The molecule has 1 atom stereocenters. The summed E-state index contributed by atoms with van der Waals surface area (Å²) < 4.78 is 52.6. The number of hydrogen-bond acceptors (Lipinski definition) is 8. The number of ether oxygens (including phenoxy) is 2. The molecule has 1 N–H and O–H groups in total. The largest absolute Gasteiger partial charge is 0.573 e. The molecule has 1 aromatic heterocycles. The highest BCUT2D eigenvalue weighted by atomic mass is 19.4. The lowest BCUT2D eigenvalue weighted by Crippen LogP contribution is -2.33. The van der Waals surface area contributed by atoms with Crippen molar-refractivity contribution in [3.05, 3.63) is 77.8 Å². The number of rotatable bonds is 14. The number of halogens is 3. The van der Waals surface area contributed by atoms with Crippen LogP contribution in [0, 0.1) is 0 Å². The fourth-order valence-corrected chi connectivity index (χ4v) is 3.66. The SMILES string of the molecule is C=C(CCC(C=O)N(C)Cc1c(C=O)cccc1OCc1cnc(-c2ccc(OC(F)(F)F)cc2)o1)NC. The van der Waals surface area contributed by atoms with E-state index in [0.29, 0.717) is 41.0 Å². The fraction of sp³-hybridized carbons (Fsp3) is 0.296. The number of nitrogens with zero attached hydrogens (tertiary/aromatic N) is 2. The third-order valence-electron chi connectivity index (χ3n) is 5.78. The van der Waals surface area contributed by atoms with Crippen LogP contribution in [-0.2, 0) is 17.9 Å². The van der Waals surface area contributed by atoms with Crippen molar-refractivity contribution in [3.8, 4) is 23.0 Å². The van der Waals surface area contributed by atoms with E-state index in [-0.39, 0.29) is 24.8 Å². The number of hydrogen-bond donors (Lipinski definition) is 1. The molecule has 202 valence electrons. The Hall–Kier alpha value is -4.12. The highest BCUT2D eigenvalue weighted by Gasteiger charge is 2.31. The van der Waals surface area contributed by atoms with Gasteiger partial charge in [0.2, 0.25) is 5.89 Å². The van der Waals surface area contributed by atoms with Gasteiger partial charge in [0, 0.05) is 36.0 Å². The Morgan fingerprint density at radius 2 is 1.95 bits per heavy atom. The average molecular weight is 532 g/mol. The van der Waals surface area contributed by atoms with Gasteiger partial charge in [-0.1, -0.05) is 18.7 Å². The molecule has 11 heteroatoms. The van der Waals surface area contributed by atoms with Crippen LogP contribution in [0.1, 0.15) is 34.5 Å². The van der Waals surface area contributed by atoms with Crippen LogP contribution in [0.15, 0.2) is 65.4 Å². The van der Waals surface area contributed by atoms with Gasteiger partial charge in [-0.3, -0.25) is 9.69 Å². The summed E-state index contributed by atoms with van der Waals surface area (Å²) in [5, 5.41) is 2.96. The van der Waals surface area contributed by atoms with E-state index in [9.17, 15) is 22.8 Å². The molecule has 0 amide bonds. The number of likely N-dealkylation sites (N-methyl/N-ethyl adjacent to an activating group) is 1. The number of aromatic nitrogens is 1. The third-order valence-corrected chi connectivity index (χ3v) is 5.78. The molecule has 0 radical (unpaired) electrons. The van der Waals surface area contributed by atoms with Gasteiger partial charge >= 0.3 is 6.36 Å². The molecule has 3 aromatic rings. The molecule has 0 aliphatic heterocycles. The van der Waals surface area contributed by atoms with Gasteiger partial charge in [-0.2, -0.15) is 0 Å². The van der Waals surface area contributed by atoms with Crippen molar-refractivity contribution in [1.82, 2.24) is 15.2 Å². The molecule has 38 heavy (non-hydrogen) atoms. The predicted octanol–water partition coefficient (Wildman–Crippen LogP) is 5.14. The second kappa shape index (κ2) is 12.9. The molecular formula is C27H28F3N3O5. The van der Waals surface area contributed by atoms with Crippen LogP contribution in [-0.4, -0.2) is 49.0 Å². The van der Waals surface area contributed by atoms with Crippen LogP contribution < -0.4 is 14.8 Å². The van der Waals surface area contributed by atoms with E-state index in [2.05, 4.69) is 21.6 Å². The lowest BCUT2D eigenvalue weighted by atomic mass is 10.0. The van der Waals surface area contributed by atoms with Gasteiger partial charge in [0.25, 0.3) is 0 Å². The van der Waals surface area contributed by atoms with E-state index < -0.39 is 12.4 Å². The summed E-state index contributed by atoms with van der Waals surface area (Å²) in [6.45, 7) is 4.15. The third kappa shape index (κ3) is 7.94. The lowest BCUT2D eigenvalue weighted by molar-refractivity contribution is -0.274. The van der Waals surface area contributed by atoms with Crippen molar-refractivity contribution in [3.63, 3.8) is 0 Å². The summed E-state index contributed by atoms with van der Waals surface area (Å²) in [6, 6.07) is 9.80. The zero-order valence-corrected chi connectivity index (χ0v) is 21.0. The van der Waals surface area contributed by atoms with Gasteiger partial charge in [0.15, 0.2) is 12.0 Å². The van der Waals surface area contributed by atoms with Crippen LogP contribution >= 0.6 is 0 Å². The molecule has 1 heterocycles. The minimum Gasteiger partial charge on any atom is -0.485 e. The number of allylic oxidation sites excluding steroid dienone is 1. The van der Waals surface area contributed by atoms with Crippen LogP contribution in [0.25, 0.3) is 11.5 Å². The van der Waals surface area contributed by atoms with Gasteiger partial charge in [0.05, 0.1) is 12.2 Å². The normalized spacial score (nSPS) is 12.2. The number of oxazole rings is 1. The molecule has 0 aliphatic carbocycles. The summed E-state index contributed by atoms with van der Waals surface area (Å²) in [4.78, 5) is 29.4. The molecular weight excluding hydrogens is 503 g/mol. The van der Waals surface area contributed by atoms with Crippen molar-refractivity contribution in [2.75, 3.05) is 14.1 Å². The molecule has 2 aromatic carbocycles. The van der Waals surface area contributed by atoms with Gasteiger partial charge in [-0.25, -0.2) is 4.98 Å². The highest BCUT2D eigenvalue weighted by Crippen LogP contribution is 2.28. The molecule has 0 fully saturated rings.